The Morgan fingerprint density at radius 3 is 2.50 bits per heavy atom. The van der Waals surface area contributed by atoms with Crippen LogP contribution in [0.4, 0.5) is 0 Å². The Labute approximate surface area is 229 Å². The average Bonchev–Trinajstić information content (AvgIpc) is 3.35. The highest BCUT2D eigenvalue weighted by Crippen LogP contribution is 2.38. The van der Waals surface area contributed by atoms with Crippen molar-refractivity contribution >= 4 is 37.3 Å². The van der Waals surface area contributed by atoms with Gasteiger partial charge in [-0.25, -0.2) is 4.98 Å². The van der Waals surface area contributed by atoms with Gasteiger partial charge in [0.2, 0.25) is 5.88 Å². The van der Waals surface area contributed by atoms with E-state index < -0.39 is 8.32 Å². The van der Waals surface area contributed by atoms with Crippen molar-refractivity contribution in [3.63, 3.8) is 0 Å². The number of pyridine rings is 1. The molecule has 0 spiro atoms. The maximum atomic E-state index is 6.81. The van der Waals surface area contributed by atoms with E-state index in [4.69, 9.17) is 25.7 Å². The molecule has 1 saturated carbocycles. The molecule has 1 aromatic heterocycles. The SMILES string of the molecule is CCc1ccc(/C(=C\C2CCCC2)c2ccc(SCCCO[Si](C)(C)C(C)(C)C)c(Cl)c2)nc1OC. The van der Waals surface area contributed by atoms with Crippen LogP contribution in [0.3, 0.4) is 0 Å². The lowest BCUT2D eigenvalue weighted by Crippen LogP contribution is -2.41. The Kier molecular flexibility index (Phi) is 10.6. The van der Waals surface area contributed by atoms with Crippen molar-refractivity contribution in [1.82, 2.24) is 4.98 Å². The van der Waals surface area contributed by atoms with Crippen molar-refractivity contribution in [2.24, 2.45) is 5.92 Å². The Morgan fingerprint density at radius 2 is 1.89 bits per heavy atom. The summed E-state index contributed by atoms with van der Waals surface area (Å²) in [5.74, 6) is 2.30. The highest BCUT2D eigenvalue weighted by atomic mass is 35.5. The van der Waals surface area contributed by atoms with Gasteiger partial charge in [0, 0.05) is 28.4 Å². The largest absolute Gasteiger partial charge is 0.481 e. The second-order valence-electron chi connectivity index (χ2n) is 11.3. The van der Waals surface area contributed by atoms with Gasteiger partial charge in [0.25, 0.3) is 0 Å². The van der Waals surface area contributed by atoms with E-state index in [1.165, 1.54) is 25.7 Å². The standard InChI is InChI=1S/C30H44ClNO2SSi/c1-8-23-14-16-27(32-29(23)33-5)25(20-22-12-9-10-13-22)24-15-17-28(26(31)21-24)35-19-11-18-34-36(6,7)30(2,3)4/h14-17,20-22H,8-13,18-19H2,1-7H3/b25-20-. The molecule has 36 heavy (non-hydrogen) atoms. The molecule has 6 heteroatoms. The molecule has 3 nitrogen and oxygen atoms in total. The number of thioether (sulfide) groups is 1. The molecule has 1 fully saturated rings. The number of benzene rings is 1. The minimum atomic E-state index is -1.68. The van der Waals surface area contributed by atoms with Crippen LogP contribution in [-0.4, -0.2) is 32.8 Å². The second kappa shape index (κ2) is 13.0. The third-order valence-corrected chi connectivity index (χ3v) is 13.8. The van der Waals surface area contributed by atoms with Crippen molar-refractivity contribution in [1.29, 1.82) is 0 Å². The molecule has 0 amide bonds. The van der Waals surface area contributed by atoms with Crippen molar-refractivity contribution in [3.8, 4) is 5.88 Å². The minimum absolute atomic E-state index is 0.249. The zero-order valence-corrected chi connectivity index (χ0v) is 25.8. The summed E-state index contributed by atoms with van der Waals surface area (Å²) in [5, 5.41) is 1.05. The van der Waals surface area contributed by atoms with Crippen molar-refractivity contribution < 1.29 is 9.16 Å². The molecule has 2 aromatic rings. The first kappa shape index (κ1) is 29.3. The summed E-state index contributed by atoms with van der Waals surface area (Å²) in [5.41, 5.74) is 4.36. The monoisotopic (exact) mass is 545 g/mol. The fourth-order valence-electron chi connectivity index (χ4n) is 4.32. The quantitative estimate of drug-likeness (QED) is 0.160. The van der Waals surface area contributed by atoms with Crippen LogP contribution in [0.15, 0.2) is 41.3 Å². The fourth-order valence-corrected chi connectivity index (χ4v) is 6.60. The molecule has 0 saturated heterocycles. The number of nitrogens with zero attached hydrogens (tertiary/aromatic N) is 1. The molecule has 0 bridgehead atoms. The van der Waals surface area contributed by atoms with Gasteiger partial charge in [-0.1, -0.05) is 70.3 Å². The third-order valence-electron chi connectivity index (χ3n) is 7.65. The van der Waals surface area contributed by atoms with Crippen LogP contribution in [0, 0.1) is 5.92 Å². The minimum Gasteiger partial charge on any atom is -0.481 e. The van der Waals surface area contributed by atoms with Crippen LogP contribution in [-0.2, 0) is 10.8 Å². The Hall–Kier alpha value is -1.27. The van der Waals surface area contributed by atoms with Gasteiger partial charge in [0.1, 0.15) is 0 Å². The maximum absolute atomic E-state index is 6.81. The summed E-state index contributed by atoms with van der Waals surface area (Å²) >= 11 is 8.63. The first-order chi connectivity index (χ1) is 17.1. The molecule has 0 N–H and O–H groups in total. The lowest BCUT2D eigenvalue weighted by molar-refractivity contribution is 0.289. The van der Waals surface area contributed by atoms with Gasteiger partial charge in [-0.05, 0) is 73.5 Å². The summed E-state index contributed by atoms with van der Waals surface area (Å²) in [6.07, 6.45) is 9.42. The summed E-state index contributed by atoms with van der Waals surface area (Å²) in [6.45, 7) is 14.4. The predicted octanol–water partition coefficient (Wildman–Crippen LogP) is 9.43. The fraction of sp³-hybridized carbons (Fsp3) is 0.567. The van der Waals surface area contributed by atoms with E-state index >= 15 is 0 Å². The predicted molar refractivity (Wildman–Crippen MR) is 159 cm³/mol. The van der Waals surface area contributed by atoms with Crippen LogP contribution < -0.4 is 4.74 Å². The third kappa shape index (κ3) is 7.63. The summed E-state index contributed by atoms with van der Waals surface area (Å²) in [7, 11) is 0.0176. The highest BCUT2D eigenvalue weighted by molar-refractivity contribution is 7.99. The number of rotatable bonds is 11. The van der Waals surface area contributed by atoms with E-state index in [0.29, 0.717) is 11.8 Å². The van der Waals surface area contributed by atoms with E-state index in [2.05, 4.69) is 77.2 Å². The van der Waals surface area contributed by atoms with E-state index in [1.807, 2.05) is 11.8 Å². The van der Waals surface area contributed by atoms with Gasteiger partial charge in [-0.3, -0.25) is 0 Å². The smallest absolute Gasteiger partial charge is 0.216 e. The highest BCUT2D eigenvalue weighted by Gasteiger charge is 2.36. The van der Waals surface area contributed by atoms with Gasteiger partial charge in [0.05, 0.1) is 17.8 Å². The lowest BCUT2D eigenvalue weighted by atomic mass is 9.95. The molecule has 1 aromatic carbocycles. The summed E-state index contributed by atoms with van der Waals surface area (Å²) in [6, 6.07) is 10.7. The number of halogens is 1. The molecule has 1 aliphatic rings. The van der Waals surface area contributed by atoms with Gasteiger partial charge >= 0.3 is 0 Å². The lowest BCUT2D eigenvalue weighted by Gasteiger charge is -2.36. The molecule has 0 atom stereocenters. The first-order valence-electron chi connectivity index (χ1n) is 13.4. The normalized spacial score (nSPS) is 15.5. The van der Waals surface area contributed by atoms with E-state index in [9.17, 15) is 0 Å². The first-order valence-corrected chi connectivity index (χ1v) is 17.7. The Morgan fingerprint density at radius 1 is 1.17 bits per heavy atom. The van der Waals surface area contributed by atoms with Crippen molar-refractivity contribution in [2.45, 2.75) is 89.2 Å². The Bertz CT molecular complexity index is 1040. The Balaban J connectivity index is 1.74. The van der Waals surface area contributed by atoms with Crippen LogP contribution in [0.2, 0.25) is 23.2 Å². The van der Waals surface area contributed by atoms with Gasteiger partial charge < -0.3 is 9.16 Å². The average molecular weight is 546 g/mol. The second-order valence-corrected chi connectivity index (χ2v) is 17.7. The van der Waals surface area contributed by atoms with E-state index in [-0.39, 0.29) is 5.04 Å². The summed E-state index contributed by atoms with van der Waals surface area (Å²) in [4.78, 5) is 6.02. The number of aryl methyl sites for hydroxylation is 1. The van der Waals surface area contributed by atoms with Crippen LogP contribution in [0.5, 0.6) is 5.88 Å². The molecule has 0 aliphatic heterocycles. The van der Waals surface area contributed by atoms with Crippen molar-refractivity contribution in [2.75, 3.05) is 19.5 Å². The molecule has 3 rings (SSSR count). The van der Waals surface area contributed by atoms with E-state index in [0.717, 1.165) is 57.5 Å². The number of allylic oxidation sites excluding steroid dienone is 1. The number of hydrogen-bond acceptors (Lipinski definition) is 4. The van der Waals surface area contributed by atoms with E-state index in [1.54, 1.807) is 7.11 Å². The van der Waals surface area contributed by atoms with Gasteiger partial charge in [-0.15, -0.1) is 11.8 Å². The molecule has 198 valence electrons. The molecule has 0 unspecified atom stereocenters. The van der Waals surface area contributed by atoms with Gasteiger partial charge in [-0.2, -0.15) is 0 Å². The van der Waals surface area contributed by atoms with Crippen LogP contribution in [0.25, 0.3) is 5.57 Å². The molecular weight excluding hydrogens is 502 g/mol. The molecule has 1 aliphatic carbocycles. The van der Waals surface area contributed by atoms with Crippen LogP contribution in [0.1, 0.15) is 76.6 Å². The zero-order valence-electron chi connectivity index (χ0n) is 23.2. The molecule has 0 radical (unpaired) electrons. The van der Waals surface area contributed by atoms with Crippen molar-refractivity contribution in [3.05, 3.63) is 58.3 Å². The number of aromatic nitrogens is 1. The number of methoxy groups -OCH3 is 1. The zero-order chi connectivity index (χ0) is 26.3. The van der Waals surface area contributed by atoms with Crippen LogP contribution >= 0.6 is 23.4 Å². The number of ether oxygens (including phenoxy) is 1. The number of hydrogen-bond donors (Lipinski definition) is 0. The topological polar surface area (TPSA) is 31.4 Å². The molecular formula is C30H44ClNO2SSi. The molecule has 1 heterocycles. The van der Waals surface area contributed by atoms with Gasteiger partial charge in [0.15, 0.2) is 8.32 Å². The summed E-state index contributed by atoms with van der Waals surface area (Å²) < 4.78 is 11.9. The maximum Gasteiger partial charge on any atom is 0.216 e.